The number of rotatable bonds is 5. The molecule has 0 saturated heterocycles. The molecule has 0 fully saturated rings. The van der Waals surface area contributed by atoms with Crippen LogP contribution in [-0.4, -0.2) is 27.0 Å². The van der Waals surface area contributed by atoms with E-state index in [4.69, 9.17) is 5.21 Å². The van der Waals surface area contributed by atoms with E-state index in [1.807, 2.05) is 22.7 Å². The van der Waals surface area contributed by atoms with Crippen molar-refractivity contribution in [2.24, 2.45) is 5.92 Å². The second-order valence-electron chi connectivity index (χ2n) is 4.97. The third kappa shape index (κ3) is 3.40. The van der Waals surface area contributed by atoms with E-state index < -0.39 is 5.91 Å². The predicted molar refractivity (Wildman–Crippen MR) is 84.9 cm³/mol. The Morgan fingerprint density at radius 2 is 2.25 bits per heavy atom. The average Bonchev–Trinajstić information content (AvgIpc) is 2.72. The molecular weight excluding hydrogens is 371 g/mol. The highest BCUT2D eigenvalue weighted by atomic mass is 127. The van der Waals surface area contributed by atoms with Gasteiger partial charge in [0.1, 0.15) is 11.5 Å². The summed E-state index contributed by atoms with van der Waals surface area (Å²) in [6.07, 6.45) is 2.78. The van der Waals surface area contributed by atoms with Crippen LogP contribution in [0.1, 0.15) is 19.5 Å². The van der Waals surface area contributed by atoms with Gasteiger partial charge >= 0.3 is 0 Å². The summed E-state index contributed by atoms with van der Waals surface area (Å²) in [6.45, 7) is 4.25. The first-order valence-electron chi connectivity index (χ1n) is 6.34. The Bertz CT molecular complexity index is 624. The highest BCUT2D eigenvalue weighted by Gasteiger charge is 2.14. The van der Waals surface area contributed by atoms with Crippen molar-refractivity contribution in [3.8, 4) is 0 Å². The zero-order chi connectivity index (χ0) is 14.7. The molecule has 20 heavy (non-hydrogen) atoms. The fourth-order valence-corrected chi connectivity index (χ4v) is 2.45. The van der Waals surface area contributed by atoms with Gasteiger partial charge in [-0.15, -0.1) is 0 Å². The summed E-state index contributed by atoms with van der Waals surface area (Å²) in [6, 6.07) is 3.94. The number of imidazole rings is 1. The Morgan fingerprint density at radius 1 is 1.50 bits per heavy atom. The monoisotopic (exact) mass is 388 g/mol. The van der Waals surface area contributed by atoms with Gasteiger partial charge in [-0.3, -0.25) is 14.4 Å². The summed E-state index contributed by atoms with van der Waals surface area (Å²) in [4.78, 5) is 15.8. The Balaban J connectivity index is 2.40. The topological polar surface area (TPSA) is 78.7 Å². The Hall–Kier alpha value is -1.35. The average molecular weight is 388 g/mol. The van der Waals surface area contributed by atoms with Gasteiger partial charge in [-0.1, -0.05) is 13.8 Å². The highest BCUT2D eigenvalue weighted by molar-refractivity contribution is 14.1. The van der Waals surface area contributed by atoms with E-state index in [1.54, 1.807) is 5.48 Å². The molecule has 0 bridgehead atoms. The number of aromatic nitrogens is 2. The first-order valence-corrected chi connectivity index (χ1v) is 7.42. The number of nitrogens with one attached hydrogen (secondary N) is 2. The maximum absolute atomic E-state index is 11.2. The van der Waals surface area contributed by atoms with Gasteiger partial charge in [-0.05, 0) is 47.1 Å². The van der Waals surface area contributed by atoms with E-state index in [9.17, 15) is 4.79 Å². The second-order valence-corrected chi connectivity index (χ2v) is 6.21. The number of fused-ring (bicyclic) bond motifs is 1. The van der Waals surface area contributed by atoms with E-state index in [2.05, 4.69) is 46.7 Å². The number of hydrogen-bond donors (Lipinski definition) is 3. The summed E-state index contributed by atoms with van der Waals surface area (Å²) in [5, 5.41) is 11.6. The van der Waals surface area contributed by atoms with Crippen LogP contribution in [0.2, 0.25) is 0 Å². The molecule has 1 amide bonds. The van der Waals surface area contributed by atoms with Gasteiger partial charge in [-0.25, -0.2) is 10.5 Å². The van der Waals surface area contributed by atoms with E-state index in [0.717, 1.165) is 27.1 Å². The van der Waals surface area contributed by atoms with E-state index >= 15 is 0 Å². The summed E-state index contributed by atoms with van der Waals surface area (Å²) < 4.78 is 3.02. The van der Waals surface area contributed by atoms with Gasteiger partial charge < -0.3 is 5.32 Å². The van der Waals surface area contributed by atoms with Crippen LogP contribution in [0.15, 0.2) is 18.3 Å². The summed E-state index contributed by atoms with van der Waals surface area (Å²) in [5.74, 6) is 0.781. The highest BCUT2D eigenvalue weighted by Crippen LogP contribution is 2.22. The number of amides is 1. The SMILES string of the molecule is CC(C)Cc1nc2ccc(I)cn2c1NCC(=O)NO. The van der Waals surface area contributed by atoms with Gasteiger partial charge in [0, 0.05) is 9.77 Å². The number of halogens is 1. The van der Waals surface area contributed by atoms with Crippen molar-refractivity contribution in [1.82, 2.24) is 14.9 Å². The summed E-state index contributed by atoms with van der Waals surface area (Å²) in [7, 11) is 0. The van der Waals surface area contributed by atoms with Crippen LogP contribution in [0, 0.1) is 9.49 Å². The molecule has 0 unspecified atom stereocenters. The van der Waals surface area contributed by atoms with Gasteiger partial charge in [-0.2, -0.15) is 0 Å². The van der Waals surface area contributed by atoms with Crippen molar-refractivity contribution in [2.75, 3.05) is 11.9 Å². The van der Waals surface area contributed by atoms with Crippen LogP contribution in [0.25, 0.3) is 5.65 Å². The molecular formula is C13H17IN4O2. The molecule has 0 aromatic carbocycles. The normalized spacial score (nSPS) is 11.1. The third-order valence-corrected chi connectivity index (χ3v) is 3.44. The fourth-order valence-electron chi connectivity index (χ4n) is 1.99. The molecule has 3 N–H and O–H groups in total. The third-order valence-electron chi connectivity index (χ3n) is 2.80. The molecule has 0 radical (unpaired) electrons. The van der Waals surface area contributed by atoms with Gasteiger partial charge in [0.2, 0.25) is 0 Å². The Morgan fingerprint density at radius 3 is 2.90 bits per heavy atom. The van der Waals surface area contributed by atoms with Crippen molar-refractivity contribution in [3.05, 3.63) is 27.6 Å². The van der Waals surface area contributed by atoms with Crippen LogP contribution in [0.4, 0.5) is 5.82 Å². The first-order chi connectivity index (χ1) is 9.51. The number of nitrogens with zero attached hydrogens (tertiary/aromatic N) is 2. The van der Waals surface area contributed by atoms with Gasteiger partial charge in [0.05, 0.1) is 12.2 Å². The quantitative estimate of drug-likeness (QED) is 0.416. The number of hydrogen-bond acceptors (Lipinski definition) is 4. The van der Waals surface area contributed by atoms with Crippen LogP contribution in [0.5, 0.6) is 0 Å². The molecule has 6 nitrogen and oxygen atoms in total. The Labute approximate surface area is 130 Å². The molecule has 108 valence electrons. The molecule has 2 heterocycles. The minimum Gasteiger partial charge on any atom is -0.360 e. The zero-order valence-electron chi connectivity index (χ0n) is 11.4. The molecule has 0 aliphatic rings. The van der Waals surface area contributed by atoms with Crippen molar-refractivity contribution in [1.29, 1.82) is 0 Å². The molecule has 0 spiro atoms. The predicted octanol–water partition coefficient (Wildman–Crippen LogP) is 2.05. The summed E-state index contributed by atoms with van der Waals surface area (Å²) in [5.41, 5.74) is 3.38. The van der Waals surface area contributed by atoms with E-state index in [1.165, 1.54) is 0 Å². The summed E-state index contributed by atoms with van der Waals surface area (Å²) >= 11 is 2.23. The smallest absolute Gasteiger partial charge is 0.262 e. The lowest BCUT2D eigenvalue weighted by Gasteiger charge is -2.09. The largest absolute Gasteiger partial charge is 0.360 e. The molecule has 2 aromatic heterocycles. The van der Waals surface area contributed by atoms with E-state index in [0.29, 0.717) is 5.92 Å². The number of hydroxylamine groups is 1. The van der Waals surface area contributed by atoms with Crippen molar-refractivity contribution < 1.29 is 10.0 Å². The lowest BCUT2D eigenvalue weighted by Crippen LogP contribution is -2.27. The number of pyridine rings is 1. The molecule has 0 saturated carbocycles. The molecule has 0 atom stereocenters. The van der Waals surface area contributed by atoms with Crippen LogP contribution >= 0.6 is 22.6 Å². The fraction of sp³-hybridized carbons (Fsp3) is 0.385. The van der Waals surface area contributed by atoms with Gasteiger partial charge in [0.25, 0.3) is 5.91 Å². The lowest BCUT2D eigenvalue weighted by molar-refractivity contribution is -0.127. The first kappa shape index (κ1) is 15.0. The van der Waals surface area contributed by atoms with Crippen LogP contribution < -0.4 is 10.8 Å². The van der Waals surface area contributed by atoms with Crippen molar-refractivity contribution in [3.63, 3.8) is 0 Å². The zero-order valence-corrected chi connectivity index (χ0v) is 13.5. The van der Waals surface area contributed by atoms with E-state index in [-0.39, 0.29) is 6.54 Å². The molecule has 0 aliphatic heterocycles. The van der Waals surface area contributed by atoms with Crippen LogP contribution in [-0.2, 0) is 11.2 Å². The van der Waals surface area contributed by atoms with Crippen LogP contribution in [0.3, 0.4) is 0 Å². The van der Waals surface area contributed by atoms with Gasteiger partial charge in [0.15, 0.2) is 0 Å². The maximum atomic E-state index is 11.2. The van der Waals surface area contributed by atoms with Crippen molar-refractivity contribution in [2.45, 2.75) is 20.3 Å². The standard InChI is InChI=1S/C13H17IN4O2/c1-8(2)5-10-13(15-6-12(19)17-20)18-7-9(14)3-4-11(18)16-10/h3-4,7-8,15,20H,5-6H2,1-2H3,(H,17,19). The molecule has 7 heteroatoms. The number of anilines is 1. The second kappa shape index (κ2) is 6.40. The minimum atomic E-state index is -0.485. The Kier molecular flexibility index (Phi) is 4.81. The molecule has 2 aromatic rings. The molecule has 2 rings (SSSR count). The maximum Gasteiger partial charge on any atom is 0.262 e. The number of carbonyl (C=O) groups excluding carboxylic acids is 1. The van der Waals surface area contributed by atoms with Crippen molar-refractivity contribution >= 4 is 40.0 Å². The lowest BCUT2D eigenvalue weighted by atomic mass is 10.1. The minimum absolute atomic E-state index is 0.000855. The molecule has 0 aliphatic carbocycles. The number of carbonyl (C=O) groups is 1.